The Hall–Kier alpha value is -2.93. The lowest BCUT2D eigenvalue weighted by atomic mass is 9.93. The molecule has 0 spiro atoms. The van der Waals surface area contributed by atoms with E-state index in [2.05, 4.69) is 15.7 Å². The number of aromatic nitrogens is 3. The van der Waals surface area contributed by atoms with Crippen molar-refractivity contribution in [3.8, 4) is 0 Å². The van der Waals surface area contributed by atoms with Crippen LogP contribution >= 0.6 is 0 Å². The van der Waals surface area contributed by atoms with Crippen LogP contribution in [0.5, 0.6) is 0 Å². The van der Waals surface area contributed by atoms with Crippen molar-refractivity contribution in [2.45, 2.75) is 32.2 Å². The van der Waals surface area contributed by atoms with Crippen molar-refractivity contribution in [3.63, 3.8) is 0 Å². The molecule has 4 rings (SSSR count). The van der Waals surface area contributed by atoms with Crippen molar-refractivity contribution >= 4 is 17.2 Å². The maximum Gasteiger partial charge on any atom is 0.350 e. The van der Waals surface area contributed by atoms with Gasteiger partial charge in [-0.25, -0.2) is 9.48 Å². The van der Waals surface area contributed by atoms with E-state index >= 15 is 0 Å². The fourth-order valence-corrected chi connectivity index (χ4v) is 3.72. The normalized spacial score (nSPS) is 15.0. The van der Waals surface area contributed by atoms with Gasteiger partial charge >= 0.3 is 5.69 Å². The summed E-state index contributed by atoms with van der Waals surface area (Å²) >= 11 is 0. The van der Waals surface area contributed by atoms with Crippen LogP contribution in [0.4, 0.5) is 5.69 Å². The number of pyridine rings is 1. The fourth-order valence-electron chi connectivity index (χ4n) is 3.72. The van der Waals surface area contributed by atoms with E-state index < -0.39 is 0 Å². The summed E-state index contributed by atoms with van der Waals surface area (Å²) in [6.07, 6.45) is 5.48. The number of rotatable bonds is 6. The second kappa shape index (κ2) is 8.39. The molecule has 1 aliphatic heterocycles. The van der Waals surface area contributed by atoms with Crippen LogP contribution in [0.1, 0.15) is 31.2 Å². The van der Waals surface area contributed by atoms with Crippen LogP contribution < -0.4 is 16.3 Å². The highest BCUT2D eigenvalue weighted by Crippen LogP contribution is 2.18. The highest BCUT2D eigenvalue weighted by molar-refractivity contribution is 5.90. The minimum absolute atomic E-state index is 0.0422. The van der Waals surface area contributed by atoms with Crippen molar-refractivity contribution in [2.75, 3.05) is 18.4 Å². The second-order valence-electron chi connectivity index (χ2n) is 7.35. The summed E-state index contributed by atoms with van der Waals surface area (Å²) in [5, 5.41) is 10.7. The quantitative estimate of drug-likeness (QED) is 0.688. The first kappa shape index (κ1) is 18.4. The van der Waals surface area contributed by atoms with Gasteiger partial charge in [-0.3, -0.25) is 9.20 Å². The number of anilines is 1. The predicted octanol–water partition coefficient (Wildman–Crippen LogP) is 2.26. The van der Waals surface area contributed by atoms with Gasteiger partial charge in [0.1, 0.15) is 0 Å². The third-order valence-corrected chi connectivity index (χ3v) is 5.27. The van der Waals surface area contributed by atoms with Gasteiger partial charge in [-0.15, -0.1) is 5.10 Å². The maximum absolute atomic E-state index is 12.4. The second-order valence-corrected chi connectivity index (χ2v) is 7.35. The van der Waals surface area contributed by atoms with Crippen LogP contribution in [0.3, 0.4) is 0 Å². The monoisotopic (exact) mass is 379 g/mol. The van der Waals surface area contributed by atoms with E-state index in [-0.39, 0.29) is 11.6 Å². The van der Waals surface area contributed by atoms with E-state index in [0.29, 0.717) is 24.5 Å². The van der Waals surface area contributed by atoms with E-state index in [9.17, 15) is 9.59 Å². The standard InChI is InChI=1S/C21H25N5O2/c27-20(8-7-16-9-11-22-12-10-16)23-18-5-3-4-17(14-18)15-26-21(28)25-13-2-1-6-19(25)24-26/h1-6,13-14,16,22H,7-12,15H2,(H,23,27). The third kappa shape index (κ3) is 4.31. The molecule has 146 valence electrons. The fraction of sp³-hybridized carbons (Fsp3) is 0.381. The molecule has 0 radical (unpaired) electrons. The summed E-state index contributed by atoms with van der Waals surface area (Å²) in [6.45, 7) is 2.47. The van der Waals surface area contributed by atoms with Crippen molar-refractivity contribution < 1.29 is 4.79 Å². The average Bonchev–Trinajstić information content (AvgIpc) is 3.03. The Morgan fingerprint density at radius 1 is 1.18 bits per heavy atom. The summed E-state index contributed by atoms with van der Waals surface area (Å²) in [4.78, 5) is 24.7. The molecule has 2 N–H and O–H groups in total. The Bertz CT molecular complexity index is 1020. The molecule has 1 aromatic carbocycles. The Morgan fingerprint density at radius 3 is 2.86 bits per heavy atom. The van der Waals surface area contributed by atoms with Crippen LogP contribution in [0, 0.1) is 5.92 Å². The van der Waals surface area contributed by atoms with Gasteiger partial charge in [-0.1, -0.05) is 18.2 Å². The average molecular weight is 379 g/mol. The first-order chi connectivity index (χ1) is 13.7. The first-order valence-corrected chi connectivity index (χ1v) is 9.83. The summed E-state index contributed by atoms with van der Waals surface area (Å²) in [5.74, 6) is 0.681. The molecule has 3 heterocycles. The minimum atomic E-state index is -0.174. The number of hydrogen-bond acceptors (Lipinski definition) is 4. The van der Waals surface area contributed by atoms with Gasteiger partial charge in [-0.2, -0.15) is 0 Å². The number of nitrogens with zero attached hydrogens (tertiary/aromatic N) is 3. The van der Waals surface area contributed by atoms with E-state index in [1.54, 1.807) is 18.3 Å². The van der Waals surface area contributed by atoms with Crippen molar-refractivity contribution in [2.24, 2.45) is 5.92 Å². The largest absolute Gasteiger partial charge is 0.350 e. The van der Waals surface area contributed by atoms with Gasteiger partial charge in [0.25, 0.3) is 0 Å². The van der Waals surface area contributed by atoms with E-state index in [0.717, 1.165) is 43.6 Å². The summed E-state index contributed by atoms with van der Waals surface area (Å²) in [7, 11) is 0. The number of hydrogen-bond donors (Lipinski definition) is 2. The van der Waals surface area contributed by atoms with Gasteiger partial charge < -0.3 is 10.6 Å². The molecule has 1 aliphatic rings. The maximum atomic E-state index is 12.4. The van der Waals surface area contributed by atoms with E-state index in [4.69, 9.17) is 0 Å². The molecule has 0 saturated carbocycles. The lowest BCUT2D eigenvalue weighted by molar-refractivity contribution is -0.116. The topological polar surface area (TPSA) is 80.4 Å². The minimum Gasteiger partial charge on any atom is -0.326 e. The lowest BCUT2D eigenvalue weighted by Gasteiger charge is -2.22. The lowest BCUT2D eigenvalue weighted by Crippen LogP contribution is -2.28. The molecule has 0 atom stereocenters. The van der Waals surface area contributed by atoms with Gasteiger partial charge in [0.05, 0.1) is 6.54 Å². The number of fused-ring (bicyclic) bond motifs is 1. The molecule has 7 heteroatoms. The van der Waals surface area contributed by atoms with E-state index in [1.165, 1.54) is 9.08 Å². The molecule has 0 bridgehead atoms. The first-order valence-electron chi connectivity index (χ1n) is 9.83. The number of piperidine rings is 1. The number of nitrogens with one attached hydrogen (secondary N) is 2. The van der Waals surface area contributed by atoms with Gasteiger partial charge in [0.15, 0.2) is 5.65 Å². The van der Waals surface area contributed by atoms with Gasteiger partial charge in [-0.05, 0) is 68.1 Å². The van der Waals surface area contributed by atoms with Crippen molar-refractivity contribution in [1.29, 1.82) is 0 Å². The number of carbonyl (C=O) groups is 1. The molecule has 7 nitrogen and oxygen atoms in total. The highest BCUT2D eigenvalue weighted by atomic mass is 16.2. The Kier molecular flexibility index (Phi) is 5.53. The van der Waals surface area contributed by atoms with Gasteiger partial charge in [0.2, 0.25) is 5.91 Å². The number of benzene rings is 1. The van der Waals surface area contributed by atoms with Gasteiger partial charge in [0, 0.05) is 18.3 Å². The van der Waals surface area contributed by atoms with Crippen LogP contribution in [0.25, 0.3) is 5.65 Å². The van der Waals surface area contributed by atoms with Crippen LogP contribution in [-0.2, 0) is 11.3 Å². The van der Waals surface area contributed by atoms with Crippen LogP contribution in [0.15, 0.2) is 53.5 Å². The molecular weight excluding hydrogens is 354 g/mol. The van der Waals surface area contributed by atoms with Crippen molar-refractivity contribution in [3.05, 3.63) is 64.7 Å². The molecule has 3 aromatic rings. The van der Waals surface area contributed by atoms with Crippen LogP contribution in [-0.4, -0.2) is 33.2 Å². The summed E-state index contributed by atoms with van der Waals surface area (Å²) in [6, 6.07) is 13.1. The molecule has 0 unspecified atom stereocenters. The molecular formula is C21H25N5O2. The zero-order valence-corrected chi connectivity index (χ0v) is 15.8. The predicted molar refractivity (Wildman–Crippen MR) is 108 cm³/mol. The molecule has 0 aliphatic carbocycles. The summed E-state index contributed by atoms with van der Waals surface area (Å²) in [5.41, 5.74) is 2.12. The number of carbonyl (C=O) groups excluding carboxylic acids is 1. The number of amides is 1. The Morgan fingerprint density at radius 2 is 2.04 bits per heavy atom. The molecule has 1 saturated heterocycles. The summed E-state index contributed by atoms with van der Waals surface area (Å²) < 4.78 is 2.96. The zero-order chi connectivity index (χ0) is 19.3. The molecule has 28 heavy (non-hydrogen) atoms. The van der Waals surface area contributed by atoms with Crippen LogP contribution in [0.2, 0.25) is 0 Å². The zero-order valence-electron chi connectivity index (χ0n) is 15.8. The SMILES string of the molecule is O=C(CCC1CCNCC1)Nc1cccc(Cn2nc3ccccn3c2=O)c1. The highest BCUT2D eigenvalue weighted by Gasteiger charge is 2.14. The smallest absolute Gasteiger partial charge is 0.326 e. The third-order valence-electron chi connectivity index (χ3n) is 5.27. The Labute approximate surface area is 163 Å². The molecule has 1 fully saturated rings. The Balaban J connectivity index is 1.39. The molecule has 1 amide bonds. The van der Waals surface area contributed by atoms with E-state index in [1.807, 2.05) is 30.3 Å². The van der Waals surface area contributed by atoms with Crippen molar-refractivity contribution in [1.82, 2.24) is 19.5 Å². The molecule has 2 aromatic heterocycles.